The van der Waals surface area contributed by atoms with Gasteiger partial charge in [0.1, 0.15) is 11.4 Å². The number of ether oxygens (including phenoxy) is 1. The maximum absolute atomic E-state index is 9.99. The Morgan fingerprint density at radius 3 is 2.64 bits per heavy atom. The molecule has 1 aromatic carbocycles. The molecule has 3 heteroatoms. The van der Waals surface area contributed by atoms with E-state index in [1.807, 2.05) is 25.1 Å². The summed E-state index contributed by atoms with van der Waals surface area (Å²) in [5, 5.41) is 9.99. The summed E-state index contributed by atoms with van der Waals surface area (Å²) in [5.74, 6) is 0.681. The van der Waals surface area contributed by atoms with Crippen LogP contribution in [-0.2, 0) is 5.60 Å². The van der Waals surface area contributed by atoms with Gasteiger partial charge in [-0.15, -0.1) is 0 Å². The van der Waals surface area contributed by atoms with Crippen molar-refractivity contribution in [2.75, 3.05) is 13.7 Å². The molecule has 1 rings (SSSR count). The standard InChI is InChI=1S/C11H17NO2/c1-8-4-5-9(10(6-8)14-3)11(2,13)7-12/h4-6,13H,7,12H2,1-3H3. The molecule has 3 nitrogen and oxygen atoms in total. The van der Waals surface area contributed by atoms with Crippen molar-refractivity contribution >= 4 is 0 Å². The van der Waals surface area contributed by atoms with E-state index >= 15 is 0 Å². The van der Waals surface area contributed by atoms with Crippen LogP contribution in [-0.4, -0.2) is 18.8 Å². The average molecular weight is 195 g/mol. The van der Waals surface area contributed by atoms with E-state index in [1.165, 1.54) is 0 Å². The van der Waals surface area contributed by atoms with Crippen molar-refractivity contribution in [1.82, 2.24) is 0 Å². The minimum absolute atomic E-state index is 0.173. The van der Waals surface area contributed by atoms with Crippen molar-refractivity contribution < 1.29 is 9.84 Å². The summed E-state index contributed by atoms with van der Waals surface area (Å²) in [7, 11) is 1.59. The van der Waals surface area contributed by atoms with Crippen LogP contribution in [0.15, 0.2) is 18.2 Å². The monoisotopic (exact) mass is 195 g/mol. The molecule has 0 spiro atoms. The number of benzene rings is 1. The van der Waals surface area contributed by atoms with E-state index in [2.05, 4.69) is 0 Å². The molecule has 0 heterocycles. The topological polar surface area (TPSA) is 55.5 Å². The molecular formula is C11H17NO2. The number of aliphatic hydroxyl groups is 1. The molecule has 0 saturated heterocycles. The third-order valence-electron chi connectivity index (χ3n) is 2.33. The summed E-state index contributed by atoms with van der Waals surface area (Å²) < 4.78 is 5.20. The number of hydrogen-bond acceptors (Lipinski definition) is 3. The minimum atomic E-state index is -1.03. The maximum atomic E-state index is 9.99. The van der Waals surface area contributed by atoms with Crippen molar-refractivity contribution in [1.29, 1.82) is 0 Å². The van der Waals surface area contributed by atoms with Crippen LogP contribution in [0.5, 0.6) is 5.75 Å². The van der Waals surface area contributed by atoms with Crippen molar-refractivity contribution in [2.45, 2.75) is 19.4 Å². The van der Waals surface area contributed by atoms with Crippen LogP contribution in [0.1, 0.15) is 18.1 Å². The summed E-state index contributed by atoms with van der Waals surface area (Å²) in [4.78, 5) is 0. The lowest BCUT2D eigenvalue weighted by Gasteiger charge is -2.24. The van der Waals surface area contributed by atoms with Crippen molar-refractivity contribution in [3.05, 3.63) is 29.3 Å². The maximum Gasteiger partial charge on any atom is 0.125 e. The summed E-state index contributed by atoms with van der Waals surface area (Å²) in [6.07, 6.45) is 0. The fourth-order valence-corrected chi connectivity index (χ4v) is 1.35. The molecule has 1 aromatic rings. The van der Waals surface area contributed by atoms with Crippen LogP contribution in [0.4, 0.5) is 0 Å². The van der Waals surface area contributed by atoms with Gasteiger partial charge in [-0.25, -0.2) is 0 Å². The fourth-order valence-electron chi connectivity index (χ4n) is 1.35. The van der Waals surface area contributed by atoms with E-state index in [9.17, 15) is 5.11 Å². The molecule has 3 N–H and O–H groups in total. The largest absolute Gasteiger partial charge is 0.496 e. The Labute approximate surface area is 84.5 Å². The van der Waals surface area contributed by atoms with Gasteiger partial charge < -0.3 is 15.6 Å². The molecule has 0 saturated carbocycles. The van der Waals surface area contributed by atoms with Gasteiger partial charge in [0.15, 0.2) is 0 Å². The SMILES string of the molecule is COc1cc(C)ccc1C(C)(O)CN. The Bertz CT molecular complexity index is 321. The molecule has 0 aromatic heterocycles. The van der Waals surface area contributed by atoms with Gasteiger partial charge in [0, 0.05) is 12.1 Å². The number of aryl methyl sites for hydroxylation is 1. The lowest BCUT2D eigenvalue weighted by Crippen LogP contribution is -2.31. The van der Waals surface area contributed by atoms with Crippen molar-refractivity contribution in [2.24, 2.45) is 5.73 Å². The van der Waals surface area contributed by atoms with Gasteiger partial charge in [0.2, 0.25) is 0 Å². The number of methoxy groups -OCH3 is 1. The molecule has 14 heavy (non-hydrogen) atoms. The molecule has 78 valence electrons. The second-order valence-electron chi connectivity index (χ2n) is 3.68. The normalized spacial score (nSPS) is 14.9. The number of hydrogen-bond donors (Lipinski definition) is 2. The first-order chi connectivity index (χ1) is 6.51. The Balaban J connectivity index is 3.20. The zero-order chi connectivity index (χ0) is 10.8. The molecule has 1 unspecified atom stereocenters. The van der Waals surface area contributed by atoms with Gasteiger partial charge in [-0.3, -0.25) is 0 Å². The summed E-state index contributed by atoms with van der Waals surface area (Å²) >= 11 is 0. The van der Waals surface area contributed by atoms with Crippen LogP contribution in [0.25, 0.3) is 0 Å². The van der Waals surface area contributed by atoms with Crippen LogP contribution >= 0.6 is 0 Å². The van der Waals surface area contributed by atoms with Gasteiger partial charge in [-0.05, 0) is 25.5 Å². The van der Waals surface area contributed by atoms with Crippen LogP contribution in [0.3, 0.4) is 0 Å². The average Bonchev–Trinajstić information content (AvgIpc) is 2.17. The van der Waals surface area contributed by atoms with Gasteiger partial charge in [-0.1, -0.05) is 12.1 Å². The van der Waals surface area contributed by atoms with Crippen LogP contribution in [0, 0.1) is 6.92 Å². The second kappa shape index (κ2) is 3.98. The van der Waals surface area contributed by atoms with Crippen molar-refractivity contribution in [3.63, 3.8) is 0 Å². The molecule has 1 atom stereocenters. The van der Waals surface area contributed by atoms with Gasteiger partial charge in [-0.2, -0.15) is 0 Å². The van der Waals surface area contributed by atoms with E-state index in [-0.39, 0.29) is 6.54 Å². The Morgan fingerprint density at radius 2 is 2.14 bits per heavy atom. The fraction of sp³-hybridized carbons (Fsp3) is 0.455. The first-order valence-electron chi connectivity index (χ1n) is 4.59. The lowest BCUT2D eigenvalue weighted by atomic mass is 9.94. The van der Waals surface area contributed by atoms with E-state index in [4.69, 9.17) is 10.5 Å². The van der Waals surface area contributed by atoms with Crippen LogP contribution in [0.2, 0.25) is 0 Å². The Morgan fingerprint density at radius 1 is 1.50 bits per heavy atom. The van der Waals surface area contributed by atoms with Gasteiger partial charge in [0.25, 0.3) is 0 Å². The van der Waals surface area contributed by atoms with Crippen molar-refractivity contribution in [3.8, 4) is 5.75 Å². The van der Waals surface area contributed by atoms with Gasteiger partial charge in [0.05, 0.1) is 7.11 Å². The minimum Gasteiger partial charge on any atom is -0.496 e. The molecular weight excluding hydrogens is 178 g/mol. The first kappa shape index (κ1) is 11.0. The van der Waals surface area contributed by atoms with Crippen LogP contribution < -0.4 is 10.5 Å². The molecule has 0 fully saturated rings. The number of nitrogens with two attached hydrogens (primary N) is 1. The summed E-state index contributed by atoms with van der Waals surface area (Å²) in [6.45, 7) is 3.83. The quantitative estimate of drug-likeness (QED) is 0.761. The highest BCUT2D eigenvalue weighted by atomic mass is 16.5. The first-order valence-corrected chi connectivity index (χ1v) is 4.59. The zero-order valence-electron chi connectivity index (χ0n) is 8.87. The van der Waals surface area contributed by atoms with E-state index in [0.29, 0.717) is 5.75 Å². The number of rotatable bonds is 3. The highest BCUT2D eigenvalue weighted by Gasteiger charge is 2.24. The Kier molecular flexibility index (Phi) is 3.13. The summed E-state index contributed by atoms with van der Waals surface area (Å²) in [5.41, 5.74) is 6.29. The summed E-state index contributed by atoms with van der Waals surface area (Å²) in [6, 6.07) is 5.67. The zero-order valence-corrected chi connectivity index (χ0v) is 8.87. The second-order valence-corrected chi connectivity index (χ2v) is 3.68. The molecule has 0 aliphatic rings. The third kappa shape index (κ3) is 2.05. The molecule has 0 aliphatic carbocycles. The predicted octanol–water partition coefficient (Wildman–Crippen LogP) is 1.17. The molecule has 0 aliphatic heterocycles. The Hall–Kier alpha value is -1.06. The van der Waals surface area contributed by atoms with E-state index in [0.717, 1.165) is 11.1 Å². The van der Waals surface area contributed by atoms with E-state index in [1.54, 1.807) is 14.0 Å². The van der Waals surface area contributed by atoms with E-state index < -0.39 is 5.60 Å². The lowest BCUT2D eigenvalue weighted by molar-refractivity contribution is 0.0640. The highest BCUT2D eigenvalue weighted by molar-refractivity contribution is 5.40. The molecule has 0 bridgehead atoms. The molecule has 0 amide bonds. The van der Waals surface area contributed by atoms with Gasteiger partial charge >= 0.3 is 0 Å². The smallest absolute Gasteiger partial charge is 0.125 e. The molecule has 0 radical (unpaired) electrons. The predicted molar refractivity (Wildman–Crippen MR) is 56.4 cm³/mol. The third-order valence-corrected chi connectivity index (χ3v) is 2.33. The highest BCUT2D eigenvalue weighted by Crippen LogP contribution is 2.29.